The molecule has 0 amide bonds. The van der Waals surface area contributed by atoms with E-state index in [0.29, 0.717) is 16.5 Å². The van der Waals surface area contributed by atoms with E-state index in [-0.39, 0.29) is 0 Å². The van der Waals surface area contributed by atoms with E-state index in [0.717, 1.165) is 20.1 Å². The first kappa shape index (κ1) is 13.5. The van der Waals surface area contributed by atoms with Crippen LogP contribution in [0.3, 0.4) is 0 Å². The highest BCUT2D eigenvalue weighted by molar-refractivity contribution is 14.1. The number of nitrogen functional groups attached to an aromatic ring is 1. The molecule has 0 radical (unpaired) electrons. The summed E-state index contributed by atoms with van der Waals surface area (Å²) in [5.41, 5.74) is 6.61. The molecule has 0 spiro atoms. The lowest BCUT2D eigenvalue weighted by Crippen LogP contribution is -1.93. The van der Waals surface area contributed by atoms with Crippen molar-refractivity contribution in [2.75, 3.05) is 5.73 Å². The van der Waals surface area contributed by atoms with Crippen LogP contribution in [0.1, 0.15) is 0 Å². The normalized spacial score (nSPS) is 10.7. The molecule has 0 aromatic heterocycles. The number of hydrogen-bond donors (Lipinski definition) is 1. The molecule has 100 valence electrons. The van der Waals surface area contributed by atoms with E-state index in [9.17, 15) is 0 Å². The average molecular weight is 396 g/mol. The fourth-order valence-corrected chi connectivity index (χ4v) is 2.80. The molecule has 3 aromatic carbocycles. The van der Waals surface area contributed by atoms with Crippen LogP contribution in [-0.4, -0.2) is 0 Å². The second-order valence-corrected chi connectivity index (χ2v) is 6.03. The highest BCUT2D eigenvalue weighted by atomic mass is 127. The van der Waals surface area contributed by atoms with Gasteiger partial charge in [-0.15, -0.1) is 0 Å². The number of halogens is 2. The van der Waals surface area contributed by atoms with Crippen molar-refractivity contribution in [2.45, 2.75) is 0 Å². The van der Waals surface area contributed by atoms with Gasteiger partial charge in [0.25, 0.3) is 0 Å². The Balaban J connectivity index is 2.09. The molecule has 0 aliphatic heterocycles. The van der Waals surface area contributed by atoms with Gasteiger partial charge >= 0.3 is 0 Å². The first-order valence-corrected chi connectivity index (χ1v) is 7.51. The minimum atomic E-state index is 0.621. The third-order valence-corrected chi connectivity index (χ3v) is 4.02. The van der Waals surface area contributed by atoms with E-state index in [1.54, 1.807) is 0 Å². The van der Waals surface area contributed by atoms with Gasteiger partial charge in [0.1, 0.15) is 11.5 Å². The second kappa shape index (κ2) is 5.50. The largest absolute Gasteiger partial charge is 0.455 e. The summed E-state index contributed by atoms with van der Waals surface area (Å²) in [4.78, 5) is 0. The van der Waals surface area contributed by atoms with Crippen LogP contribution in [-0.2, 0) is 0 Å². The van der Waals surface area contributed by atoms with Gasteiger partial charge in [-0.2, -0.15) is 0 Å². The summed E-state index contributed by atoms with van der Waals surface area (Å²) in [6.45, 7) is 0. The van der Waals surface area contributed by atoms with Crippen LogP contribution in [0, 0.1) is 3.57 Å². The molecule has 2 nitrogen and oxygen atoms in total. The third-order valence-electron chi connectivity index (χ3n) is 3.02. The second-order valence-electron chi connectivity index (χ2n) is 4.38. The summed E-state index contributed by atoms with van der Waals surface area (Å²) >= 11 is 8.42. The number of nitrogens with two attached hydrogens (primary N) is 1. The van der Waals surface area contributed by atoms with Crippen LogP contribution in [0.25, 0.3) is 10.8 Å². The molecule has 20 heavy (non-hydrogen) atoms. The summed E-state index contributed by atoms with van der Waals surface area (Å²) < 4.78 is 7.02. The van der Waals surface area contributed by atoms with Gasteiger partial charge in [0.15, 0.2) is 0 Å². The summed E-state index contributed by atoms with van der Waals surface area (Å²) in [7, 11) is 0. The smallest absolute Gasteiger partial charge is 0.150 e. The van der Waals surface area contributed by atoms with Crippen molar-refractivity contribution in [3.05, 3.63) is 63.2 Å². The van der Waals surface area contributed by atoms with Crippen molar-refractivity contribution < 1.29 is 4.74 Å². The molecule has 0 atom stereocenters. The molecule has 3 rings (SSSR count). The Hall–Kier alpha value is -1.46. The van der Waals surface area contributed by atoms with Gasteiger partial charge < -0.3 is 10.5 Å². The van der Waals surface area contributed by atoms with Crippen molar-refractivity contribution in [1.82, 2.24) is 0 Å². The standard InChI is InChI=1S/C16H11ClINO/c17-13-6-8-15(12-4-2-1-3-11(12)13)20-16-7-5-10(18)9-14(16)19/h1-9H,19H2. The Kier molecular flexibility index (Phi) is 3.72. The SMILES string of the molecule is Nc1cc(I)ccc1Oc1ccc(Cl)c2ccccc12. The monoisotopic (exact) mass is 395 g/mol. The lowest BCUT2D eigenvalue weighted by atomic mass is 10.1. The number of benzene rings is 3. The Morgan fingerprint density at radius 3 is 2.35 bits per heavy atom. The Labute approximate surface area is 135 Å². The van der Waals surface area contributed by atoms with Crippen LogP contribution in [0.15, 0.2) is 54.6 Å². The van der Waals surface area contributed by atoms with Gasteiger partial charge in [-0.3, -0.25) is 0 Å². The lowest BCUT2D eigenvalue weighted by Gasteiger charge is -2.12. The van der Waals surface area contributed by atoms with Crippen LogP contribution in [0.4, 0.5) is 5.69 Å². The lowest BCUT2D eigenvalue weighted by molar-refractivity contribution is 0.490. The molecule has 0 unspecified atom stereocenters. The first-order chi connectivity index (χ1) is 9.65. The minimum absolute atomic E-state index is 0.621. The van der Waals surface area contributed by atoms with Gasteiger partial charge in [0, 0.05) is 19.4 Å². The van der Waals surface area contributed by atoms with Crippen molar-refractivity contribution in [1.29, 1.82) is 0 Å². The van der Waals surface area contributed by atoms with E-state index in [1.807, 2.05) is 54.6 Å². The highest BCUT2D eigenvalue weighted by Crippen LogP contribution is 2.36. The molecule has 2 N–H and O–H groups in total. The van der Waals surface area contributed by atoms with Crippen LogP contribution < -0.4 is 10.5 Å². The number of ether oxygens (including phenoxy) is 1. The predicted octanol–water partition coefficient (Wildman–Crippen LogP) is 5.47. The predicted molar refractivity (Wildman–Crippen MR) is 92.6 cm³/mol. The molecule has 0 aliphatic rings. The molecule has 0 bridgehead atoms. The summed E-state index contributed by atoms with van der Waals surface area (Å²) in [6, 6.07) is 17.3. The zero-order chi connectivity index (χ0) is 14.1. The Morgan fingerprint density at radius 1 is 0.900 bits per heavy atom. The average Bonchev–Trinajstić information content (AvgIpc) is 2.45. The topological polar surface area (TPSA) is 35.2 Å². The Bertz CT molecular complexity index is 789. The first-order valence-electron chi connectivity index (χ1n) is 6.05. The van der Waals surface area contributed by atoms with E-state index in [4.69, 9.17) is 22.1 Å². The van der Waals surface area contributed by atoms with E-state index in [2.05, 4.69) is 22.6 Å². The number of fused-ring (bicyclic) bond motifs is 1. The molecule has 0 saturated carbocycles. The van der Waals surface area contributed by atoms with Crippen molar-refractivity contribution in [3.8, 4) is 11.5 Å². The maximum atomic E-state index is 6.20. The fourth-order valence-electron chi connectivity index (χ4n) is 2.05. The zero-order valence-corrected chi connectivity index (χ0v) is 13.4. The number of anilines is 1. The van der Waals surface area contributed by atoms with Crippen LogP contribution in [0.2, 0.25) is 5.02 Å². The molecule has 0 aliphatic carbocycles. The molecular weight excluding hydrogens is 385 g/mol. The van der Waals surface area contributed by atoms with Gasteiger partial charge in [0.05, 0.1) is 5.69 Å². The van der Waals surface area contributed by atoms with E-state index < -0.39 is 0 Å². The third kappa shape index (κ3) is 2.55. The highest BCUT2D eigenvalue weighted by Gasteiger charge is 2.08. The van der Waals surface area contributed by atoms with Crippen molar-refractivity contribution in [2.24, 2.45) is 0 Å². The maximum Gasteiger partial charge on any atom is 0.150 e. The van der Waals surface area contributed by atoms with E-state index >= 15 is 0 Å². The number of hydrogen-bond acceptors (Lipinski definition) is 2. The summed E-state index contributed by atoms with van der Waals surface area (Å²) in [5, 5.41) is 2.65. The van der Waals surface area contributed by atoms with Gasteiger partial charge in [-0.25, -0.2) is 0 Å². The number of rotatable bonds is 2. The molecule has 0 fully saturated rings. The molecule has 4 heteroatoms. The van der Waals surface area contributed by atoms with Crippen molar-refractivity contribution >= 4 is 50.7 Å². The van der Waals surface area contributed by atoms with Crippen LogP contribution in [0.5, 0.6) is 11.5 Å². The molecular formula is C16H11ClINO. The van der Waals surface area contributed by atoms with E-state index in [1.165, 1.54) is 0 Å². The maximum absolute atomic E-state index is 6.20. The molecule has 0 saturated heterocycles. The Morgan fingerprint density at radius 2 is 1.60 bits per heavy atom. The molecule has 3 aromatic rings. The zero-order valence-electron chi connectivity index (χ0n) is 10.4. The van der Waals surface area contributed by atoms with Crippen molar-refractivity contribution in [3.63, 3.8) is 0 Å². The van der Waals surface area contributed by atoms with Gasteiger partial charge in [-0.05, 0) is 52.9 Å². The fraction of sp³-hybridized carbons (Fsp3) is 0. The quantitative estimate of drug-likeness (QED) is 0.461. The molecule has 0 heterocycles. The summed E-state index contributed by atoms with van der Waals surface area (Å²) in [5.74, 6) is 1.40. The summed E-state index contributed by atoms with van der Waals surface area (Å²) in [6.07, 6.45) is 0. The minimum Gasteiger partial charge on any atom is -0.455 e. The van der Waals surface area contributed by atoms with Gasteiger partial charge in [-0.1, -0.05) is 35.9 Å². The van der Waals surface area contributed by atoms with Crippen LogP contribution >= 0.6 is 34.2 Å². The van der Waals surface area contributed by atoms with Gasteiger partial charge in [0.2, 0.25) is 0 Å².